The van der Waals surface area contributed by atoms with Crippen LogP contribution in [0.1, 0.15) is 29.4 Å². The molecule has 1 fully saturated rings. The van der Waals surface area contributed by atoms with Crippen molar-refractivity contribution in [3.63, 3.8) is 0 Å². The maximum Gasteiger partial charge on any atom is 0.314 e. The number of hydrogen-bond acceptors (Lipinski definition) is 9. The molecule has 1 aliphatic heterocycles. The molecule has 6 N–H and O–H groups in total. The van der Waals surface area contributed by atoms with Crippen molar-refractivity contribution in [2.45, 2.75) is 13.2 Å². The number of imidazole rings is 1. The summed E-state index contributed by atoms with van der Waals surface area (Å²) in [6, 6.07) is 16.3. The van der Waals surface area contributed by atoms with Gasteiger partial charge in [-0.05, 0) is 49.4 Å². The lowest BCUT2D eigenvalue weighted by Gasteiger charge is -2.33. The standard InChI is InChI=1S/C21H22FN5O5.C7H7NO/c1-21(19(29)30)10-31-18(32-11-21)17-26-15(12-2-4-13(22)5-3-12)16(27-17)14-6-7-23-20(25-14)24-8-9-28;8-7(9)6-4-2-1-3-5-6/h2-7,18,28H,8-11H2,1H3,(H,26,27)(H,29,30)(H,23,24,25);1-5H,(H2,8,9). The number of H-pyrrole nitrogens is 1. The highest BCUT2D eigenvalue weighted by molar-refractivity contribution is 5.92. The Morgan fingerprint density at radius 3 is 2.37 bits per heavy atom. The fraction of sp³-hybridized carbons (Fsp3) is 0.250. The number of nitrogens with zero attached hydrogens (tertiary/aromatic N) is 3. The van der Waals surface area contributed by atoms with Crippen molar-refractivity contribution in [3.05, 3.63) is 84.1 Å². The Labute approximate surface area is 234 Å². The van der Waals surface area contributed by atoms with E-state index in [0.717, 1.165) is 0 Å². The van der Waals surface area contributed by atoms with E-state index in [9.17, 15) is 19.1 Å². The number of carboxylic acids is 1. The highest BCUT2D eigenvalue weighted by Gasteiger charge is 2.41. The van der Waals surface area contributed by atoms with E-state index >= 15 is 0 Å². The Morgan fingerprint density at radius 1 is 1.10 bits per heavy atom. The quantitative estimate of drug-likeness (QED) is 0.213. The predicted molar refractivity (Wildman–Crippen MR) is 146 cm³/mol. The number of anilines is 1. The van der Waals surface area contributed by atoms with Crippen LogP contribution in [0.3, 0.4) is 0 Å². The molecule has 1 aliphatic rings. The minimum atomic E-state index is -1.15. The highest BCUT2D eigenvalue weighted by Crippen LogP contribution is 2.35. The monoisotopic (exact) mass is 564 g/mol. The summed E-state index contributed by atoms with van der Waals surface area (Å²) in [5.74, 6) is -1.12. The number of benzene rings is 2. The van der Waals surface area contributed by atoms with Gasteiger partial charge in [-0.2, -0.15) is 0 Å². The maximum absolute atomic E-state index is 13.5. The Balaban J connectivity index is 0.000000367. The number of amides is 1. The van der Waals surface area contributed by atoms with Crippen LogP contribution >= 0.6 is 0 Å². The van der Waals surface area contributed by atoms with E-state index in [1.807, 2.05) is 6.07 Å². The molecule has 41 heavy (non-hydrogen) atoms. The number of nitrogens with one attached hydrogen (secondary N) is 2. The lowest BCUT2D eigenvalue weighted by molar-refractivity contribution is -0.236. The van der Waals surface area contributed by atoms with Gasteiger partial charge >= 0.3 is 5.97 Å². The Morgan fingerprint density at radius 2 is 1.78 bits per heavy atom. The largest absolute Gasteiger partial charge is 0.481 e. The Bertz CT molecular complexity index is 1470. The van der Waals surface area contributed by atoms with Crippen molar-refractivity contribution < 1.29 is 33.7 Å². The summed E-state index contributed by atoms with van der Waals surface area (Å²) in [4.78, 5) is 38.2. The van der Waals surface area contributed by atoms with Crippen molar-refractivity contribution >= 4 is 17.8 Å². The van der Waals surface area contributed by atoms with Gasteiger partial charge in [-0.1, -0.05) is 18.2 Å². The molecule has 0 unspecified atom stereocenters. The second kappa shape index (κ2) is 13.1. The Kier molecular flexibility index (Phi) is 9.34. The molecule has 1 saturated heterocycles. The molecule has 0 aliphatic carbocycles. The van der Waals surface area contributed by atoms with Crippen molar-refractivity contribution in [2.24, 2.45) is 11.1 Å². The van der Waals surface area contributed by atoms with Gasteiger partial charge in [0.15, 0.2) is 5.82 Å². The van der Waals surface area contributed by atoms with Crippen LogP contribution in [0.5, 0.6) is 0 Å². The topological polar surface area (TPSA) is 186 Å². The molecular weight excluding hydrogens is 535 g/mol. The number of aliphatic hydroxyl groups excluding tert-OH is 1. The molecule has 0 bridgehead atoms. The SMILES string of the molecule is CC1(C(=O)O)COC(c2nc(-c3ccc(F)cc3)c(-c3ccnc(NCCO)n3)[nH]2)OC1.NC(=O)c1ccccc1. The number of rotatable bonds is 8. The fourth-order valence-corrected chi connectivity index (χ4v) is 3.75. The molecule has 0 spiro atoms. The summed E-state index contributed by atoms with van der Waals surface area (Å²) in [6.45, 7) is 1.67. The molecule has 3 heterocycles. The first kappa shape index (κ1) is 29.3. The van der Waals surface area contributed by atoms with E-state index in [4.69, 9.17) is 20.3 Å². The van der Waals surface area contributed by atoms with Crippen LogP contribution in [-0.4, -0.2) is 68.4 Å². The molecule has 13 heteroatoms. The van der Waals surface area contributed by atoms with Crippen molar-refractivity contribution in [2.75, 3.05) is 31.7 Å². The Hall–Kier alpha value is -4.72. The lowest BCUT2D eigenvalue weighted by Crippen LogP contribution is -2.42. The van der Waals surface area contributed by atoms with Crippen LogP contribution in [0, 0.1) is 11.2 Å². The van der Waals surface area contributed by atoms with Gasteiger partial charge in [0.05, 0.1) is 36.9 Å². The third-order valence-corrected chi connectivity index (χ3v) is 6.05. The molecular formula is C28H29FN6O6. The van der Waals surface area contributed by atoms with Crippen LogP contribution in [0.2, 0.25) is 0 Å². The molecule has 1 amide bonds. The molecule has 12 nitrogen and oxygen atoms in total. The van der Waals surface area contributed by atoms with E-state index in [1.54, 1.807) is 55.6 Å². The average Bonchev–Trinajstić information content (AvgIpc) is 3.43. The maximum atomic E-state index is 13.5. The van der Waals surface area contributed by atoms with Crippen LogP contribution in [0.15, 0.2) is 66.9 Å². The van der Waals surface area contributed by atoms with Crippen LogP contribution in [0.25, 0.3) is 22.6 Å². The number of aliphatic carboxylic acids is 1. The fourth-order valence-electron chi connectivity index (χ4n) is 3.75. The summed E-state index contributed by atoms with van der Waals surface area (Å²) in [5, 5.41) is 21.3. The summed E-state index contributed by atoms with van der Waals surface area (Å²) >= 11 is 0. The number of halogens is 1. The van der Waals surface area contributed by atoms with Crippen molar-refractivity contribution in [1.82, 2.24) is 19.9 Å². The highest BCUT2D eigenvalue weighted by atomic mass is 19.1. The van der Waals surface area contributed by atoms with Gasteiger partial charge in [-0.3, -0.25) is 9.59 Å². The minimum absolute atomic E-state index is 0.0440. The number of aromatic nitrogens is 4. The van der Waals surface area contributed by atoms with Crippen molar-refractivity contribution in [3.8, 4) is 22.6 Å². The number of carbonyl (C=O) groups is 2. The summed E-state index contributed by atoms with van der Waals surface area (Å²) < 4.78 is 24.8. The molecule has 0 radical (unpaired) electrons. The average molecular weight is 565 g/mol. The number of primary amides is 1. The van der Waals surface area contributed by atoms with E-state index in [2.05, 4.69) is 25.3 Å². The molecule has 214 valence electrons. The first-order chi connectivity index (χ1) is 19.7. The normalized spacial score (nSPS) is 18.2. The van der Waals surface area contributed by atoms with Gasteiger partial charge in [-0.25, -0.2) is 19.3 Å². The van der Waals surface area contributed by atoms with Gasteiger partial charge in [0.25, 0.3) is 0 Å². The number of carbonyl (C=O) groups excluding carboxylic acids is 1. The van der Waals surface area contributed by atoms with Gasteiger partial charge in [0.1, 0.15) is 11.2 Å². The summed E-state index contributed by atoms with van der Waals surface area (Å²) in [6.07, 6.45) is 0.660. The number of aromatic amines is 1. The molecule has 5 rings (SSSR count). The zero-order valence-corrected chi connectivity index (χ0v) is 22.1. The third-order valence-electron chi connectivity index (χ3n) is 6.05. The molecule has 2 aromatic carbocycles. The lowest BCUT2D eigenvalue weighted by atomic mass is 9.92. The summed E-state index contributed by atoms with van der Waals surface area (Å²) in [5.41, 5.74) is 6.54. The van der Waals surface area contributed by atoms with Gasteiger partial charge in [0, 0.05) is 23.9 Å². The van der Waals surface area contributed by atoms with Crippen LogP contribution in [-0.2, 0) is 14.3 Å². The summed E-state index contributed by atoms with van der Waals surface area (Å²) in [7, 11) is 0. The first-order valence-corrected chi connectivity index (χ1v) is 12.6. The number of aliphatic hydroxyl groups is 1. The van der Waals surface area contributed by atoms with Gasteiger partial charge in [0.2, 0.25) is 18.1 Å². The van der Waals surface area contributed by atoms with Crippen LogP contribution < -0.4 is 11.1 Å². The zero-order valence-electron chi connectivity index (χ0n) is 22.1. The predicted octanol–water partition coefficient (Wildman–Crippen LogP) is 3.00. The number of carboxylic acid groups (broad SMARTS) is 1. The molecule has 0 atom stereocenters. The molecule has 0 saturated carbocycles. The van der Waals surface area contributed by atoms with E-state index < -0.39 is 17.7 Å². The van der Waals surface area contributed by atoms with E-state index in [-0.39, 0.29) is 38.1 Å². The van der Waals surface area contributed by atoms with E-state index in [1.165, 1.54) is 12.1 Å². The van der Waals surface area contributed by atoms with Gasteiger partial charge in [-0.15, -0.1) is 0 Å². The molecule has 2 aromatic heterocycles. The first-order valence-electron chi connectivity index (χ1n) is 12.6. The minimum Gasteiger partial charge on any atom is -0.481 e. The zero-order chi connectivity index (χ0) is 29.4. The smallest absolute Gasteiger partial charge is 0.314 e. The second-order valence-electron chi connectivity index (χ2n) is 9.32. The third kappa shape index (κ3) is 7.28. The van der Waals surface area contributed by atoms with Crippen molar-refractivity contribution in [1.29, 1.82) is 0 Å². The van der Waals surface area contributed by atoms with Crippen LogP contribution in [0.4, 0.5) is 10.3 Å². The number of hydrogen-bond donors (Lipinski definition) is 5. The number of ether oxygens (including phenoxy) is 2. The van der Waals surface area contributed by atoms with Gasteiger partial charge < -0.3 is 35.7 Å². The second-order valence-corrected chi connectivity index (χ2v) is 9.32. The number of nitrogens with two attached hydrogens (primary N) is 1. The molecule has 4 aromatic rings. The van der Waals surface area contributed by atoms with E-state index in [0.29, 0.717) is 40.0 Å².